The van der Waals surface area contributed by atoms with Gasteiger partial charge >= 0.3 is 0 Å². The summed E-state index contributed by atoms with van der Waals surface area (Å²) in [5, 5.41) is 9.37. The lowest BCUT2D eigenvalue weighted by atomic mass is 9.93. The Balaban J connectivity index is 1.23. The zero-order valence-electron chi connectivity index (χ0n) is 24.6. The molecule has 2 aliphatic heterocycles. The van der Waals surface area contributed by atoms with Crippen LogP contribution < -0.4 is 9.80 Å². The minimum Gasteiger partial charge on any atom is -0.456 e. The van der Waals surface area contributed by atoms with Crippen molar-refractivity contribution >= 4 is 76.8 Å². The Bertz CT molecular complexity index is 2160. The first-order valence-electron chi connectivity index (χ1n) is 15.5. The second kappa shape index (κ2) is 9.63. The minimum absolute atomic E-state index is 0.259. The number of hydrogen-bond acceptors (Lipinski definition) is 6. The van der Waals surface area contributed by atoms with E-state index < -0.39 is 0 Å². The second-order valence-corrected chi connectivity index (χ2v) is 12.4. The maximum Gasteiger partial charge on any atom is 0.139 e. The predicted octanol–water partition coefficient (Wildman–Crippen LogP) is 8.59. The molecule has 0 N–H and O–H groups in total. The number of ether oxygens (including phenoxy) is 2. The average Bonchev–Trinajstić information content (AvgIpc) is 3.58. The molecule has 0 amide bonds. The van der Waals surface area contributed by atoms with E-state index >= 15 is 0 Å². The molecule has 0 aliphatic carbocycles. The summed E-state index contributed by atoms with van der Waals surface area (Å²) < 4.78 is 24.5. The van der Waals surface area contributed by atoms with Gasteiger partial charge in [0.25, 0.3) is 0 Å². The van der Waals surface area contributed by atoms with Gasteiger partial charge in [-0.15, -0.1) is 0 Å². The molecular weight excluding hydrogens is 536 g/mol. The van der Waals surface area contributed by atoms with Crippen molar-refractivity contribution in [1.82, 2.24) is 0 Å². The number of rotatable bonds is 3. The third-order valence-electron chi connectivity index (χ3n) is 9.45. The van der Waals surface area contributed by atoms with Crippen LogP contribution in [0, 0.1) is 0 Å². The Morgan fingerprint density at radius 2 is 1.09 bits per heavy atom. The van der Waals surface area contributed by atoms with Gasteiger partial charge in [0.15, 0.2) is 0 Å². The van der Waals surface area contributed by atoms with Crippen LogP contribution in [-0.4, -0.2) is 52.6 Å². The van der Waals surface area contributed by atoms with Crippen molar-refractivity contribution in [2.75, 3.05) is 62.4 Å². The molecule has 43 heavy (non-hydrogen) atoms. The van der Waals surface area contributed by atoms with Crippen molar-refractivity contribution in [2.45, 2.75) is 19.8 Å². The number of furan rings is 2. The standard InChI is InChI=1S/C37H34N2O4/c1-22(2)35-36-31-18-24-4-6-28(39-9-13-41-14-10-39)16-26(24)20-33(31)42-34(36)21-30-29-17-23-3-5-27(38-7-11-40-12-8-38)15-25(23)19-32(29)43-37(30)35/h3-6,15-22H,7-14H2,1-2H3. The van der Waals surface area contributed by atoms with Gasteiger partial charge in [0.05, 0.1) is 26.4 Å². The summed E-state index contributed by atoms with van der Waals surface area (Å²) >= 11 is 0. The van der Waals surface area contributed by atoms with Crippen molar-refractivity contribution in [2.24, 2.45) is 0 Å². The SMILES string of the molecule is CC(C)c1c2oc3cc4cc(N5CCOCC5)ccc4cc3c2cc2oc3cc4cc(N5CCOCC5)ccc4cc3c12. The predicted molar refractivity (Wildman–Crippen MR) is 176 cm³/mol. The number of benzene rings is 5. The third-order valence-corrected chi connectivity index (χ3v) is 9.45. The lowest BCUT2D eigenvalue weighted by Gasteiger charge is -2.29. The molecule has 2 saturated heterocycles. The fourth-order valence-electron chi connectivity index (χ4n) is 7.25. The molecule has 2 aromatic heterocycles. The van der Waals surface area contributed by atoms with Gasteiger partial charge in [-0.2, -0.15) is 0 Å². The van der Waals surface area contributed by atoms with Crippen LogP contribution in [0.3, 0.4) is 0 Å². The summed E-state index contributed by atoms with van der Waals surface area (Å²) in [5.74, 6) is 0.259. The summed E-state index contributed by atoms with van der Waals surface area (Å²) in [7, 11) is 0. The Kier molecular flexibility index (Phi) is 5.66. The van der Waals surface area contributed by atoms with Gasteiger partial charge in [0.1, 0.15) is 22.3 Å². The lowest BCUT2D eigenvalue weighted by molar-refractivity contribution is 0.122. The number of fused-ring (bicyclic) bond motifs is 8. The monoisotopic (exact) mass is 570 g/mol. The van der Waals surface area contributed by atoms with E-state index in [-0.39, 0.29) is 5.92 Å². The summed E-state index contributed by atoms with van der Waals surface area (Å²) in [6.45, 7) is 11.3. The van der Waals surface area contributed by atoms with Crippen molar-refractivity contribution < 1.29 is 18.3 Å². The van der Waals surface area contributed by atoms with Crippen LogP contribution in [0.5, 0.6) is 0 Å². The Morgan fingerprint density at radius 3 is 1.67 bits per heavy atom. The topological polar surface area (TPSA) is 51.2 Å². The zero-order chi connectivity index (χ0) is 28.7. The molecule has 0 radical (unpaired) electrons. The van der Waals surface area contributed by atoms with E-state index in [1.807, 2.05) is 0 Å². The van der Waals surface area contributed by atoms with Gasteiger partial charge < -0.3 is 28.1 Å². The van der Waals surface area contributed by atoms with Crippen molar-refractivity contribution in [3.05, 3.63) is 72.3 Å². The second-order valence-electron chi connectivity index (χ2n) is 12.4. The van der Waals surface area contributed by atoms with Crippen LogP contribution in [-0.2, 0) is 9.47 Å². The van der Waals surface area contributed by atoms with Crippen molar-refractivity contribution in [3.8, 4) is 0 Å². The molecule has 0 bridgehead atoms. The molecule has 0 saturated carbocycles. The van der Waals surface area contributed by atoms with Crippen LogP contribution in [0.15, 0.2) is 75.6 Å². The number of anilines is 2. The van der Waals surface area contributed by atoms with Gasteiger partial charge in [0.2, 0.25) is 0 Å². The number of hydrogen-bond donors (Lipinski definition) is 0. The fourth-order valence-corrected chi connectivity index (χ4v) is 7.25. The van der Waals surface area contributed by atoms with E-state index in [2.05, 4.69) is 90.4 Å². The quantitative estimate of drug-likeness (QED) is 0.212. The molecule has 5 aromatic carbocycles. The summed E-state index contributed by atoms with van der Waals surface area (Å²) in [5.41, 5.74) is 7.41. The Labute approximate surface area is 249 Å². The van der Waals surface area contributed by atoms with Crippen molar-refractivity contribution in [1.29, 1.82) is 0 Å². The van der Waals surface area contributed by atoms with E-state index in [0.29, 0.717) is 0 Å². The highest BCUT2D eigenvalue weighted by atomic mass is 16.5. The van der Waals surface area contributed by atoms with E-state index in [1.54, 1.807) is 0 Å². The minimum atomic E-state index is 0.259. The van der Waals surface area contributed by atoms with Gasteiger partial charge in [-0.25, -0.2) is 0 Å². The Hall–Kier alpha value is -4.26. The maximum atomic E-state index is 6.74. The molecule has 6 nitrogen and oxygen atoms in total. The first-order chi connectivity index (χ1) is 21.1. The van der Waals surface area contributed by atoms with Crippen LogP contribution in [0.1, 0.15) is 25.3 Å². The largest absolute Gasteiger partial charge is 0.456 e. The van der Waals surface area contributed by atoms with Gasteiger partial charge in [-0.3, -0.25) is 0 Å². The molecule has 7 aromatic rings. The molecule has 0 atom stereocenters. The average molecular weight is 571 g/mol. The highest BCUT2D eigenvalue weighted by molar-refractivity contribution is 6.20. The van der Waals surface area contributed by atoms with E-state index in [4.69, 9.17) is 18.3 Å². The first-order valence-corrected chi connectivity index (χ1v) is 15.5. The van der Waals surface area contributed by atoms with Crippen LogP contribution in [0.4, 0.5) is 11.4 Å². The summed E-state index contributed by atoms with van der Waals surface area (Å²) in [4.78, 5) is 4.80. The molecule has 0 unspecified atom stereocenters. The smallest absolute Gasteiger partial charge is 0.139 e. The molecule has 2 fully saturated rings. The van der Waals surface area contributed by atoms with Gasteiger partial charge in [-0.05, 0) is 82.1 Å². The summed E-state index contributed by atoms with van der Waals surface area (Å²) in [6.07, 6.45) is 0. The van der Waals surface area contributed by atoms with Gasteiger partial charge in [-0.1, -0.05) is 26.0 Å². The maximum absolute atomic E-state index is 6.74. The number of morpholine rings is 2. The number of nitrogens with zero attached hydrogens (tertiary/aromatic N) is 2. The normalized spacial score (nSPS) is 16.7. The molecular formula is C37H34N2O4. The highest BCUT2D eigenvalue weighted by Gasteiger charge is 2.23. The molecule has 4 heterocycles. The zero-order valence-corrected chi connectivity index (χ0v) is 24.6. The molecule has 6 heteroatoms. The first kappa shape index (κ1) is 25.3. The van der Waals surface area contributed by atoms with Gasteiger partial charge in [0, 0.05) is 64.7 Å². The van der Waals surface area contributed by atoms with Crippen LogP contribution in [0.2, 0.25) is 0 Å². The van der Waals surface area contributed by atoms with E-state index in [1.165, 1.54) is 38.5 Å². The third kappa shape index (κ3) is 4.00. The van der Waals surface area contributed by atoms with Crippen LogP contribution in [0.25, 0.3) is 65.4 Å². The molecule has 9 rings (SSSR count). The fraction of sp³-hybridized carbons (Fsp3) is 0.297. The molecule has 216 valence electrons. The van der Waals surface area contributed by atoms with E-state index in [0.717, 1.165) is 96.5 Å². The summed E-state index contributed by atoms with van der Waals surface area (Å²) in [6, 6.07) is 24.7. The Morgan fingerprint density at radius 1 is 0.535 bits per heavy atom. The van der Waals surface area contributed by atoms with Crippen LogP contribution >= 0.6 is 0 Å². The van der Waals surface area contributed by atoms with Crippen molar-refractivity contribution in [3.63, 3.8) is 0 Å². The highest BCUT2D eigenvalue weighted by Crippen LogP contribution is 2.44. The lowest BCUT2D eigenvalue weighted by Crippen LogP contribution is -2.36. The molecule has 0 spiro atoms. The molecule has 2 aliphatic rings. The van der Waals surface area contributed by atoms with E-state index in [9.17, 15) is 0 Å².